The normalized spacial score (nSPS) is 10.4. The van der Waals surface area contributed by atoms with Crippen LogP contribution >= 0.6 is 11.3 Å². The first-order valence-electron chi connectivity index (χ1n) is 8.42. The topological polar surface area (TPSA) is 57.6 Å². The Bertz CT molecular complexity index is 737. The van der Waals surface area contributed by atoms with Crippen LogP contribution in [0.4, 0.5) is 5.69 Å². The minimum Gasteiger partial charge on any atom is -0.477 e. The summed E-state index contributed by atoms with van der Waals surface area (Å²) in [6.07, 6.45) is 4.87. The fourth-order valence-electron chi connectivity index (χ4n) is 2.60. The first-order chi connectivity index (χ1) is 12.1. The largest absolute Gasteiger partial charge is 0.477 e. The number of rotatable bonds is 9. The third-order valence-electron chi connectivity index (χ3n) is 3.86. The van der Waals surface area contributed by atoms with Gasteiger partial charge in [0.05, 0.1) is 5.69 Å². The molecule has 0 fully saturated rings. The predicted molar refractivity (Wildman–Crippen MR) is 103 cm³/mol. The molecule has 1 aromatic heterocycles. The van der Waals surface area contributed by atoms with Gasteiger partial charge in [-0.05, 0) is 18.1 Å². The van der Waals surface area contributed by atoms with Gasteiger partial charge in [-0.15, -0.1) is 17.9 Å². The molecule has 1 aromatic carbocycles. The van der Waals surface area contributed by atoms with Crippen molar-refractivity contribution in [2.75, 3.05) is 11.4 Å². The summed E-state index contributed by atoms with van der Waals surface area (Å²) in [5, 5.41) is 9.59. The van der Waals surface area contributed by atoms with Crippen LogP contribution in [0, 0.1) is 0 Å². The quantitative estimate of drug-likeness (QED) is 0.495. The first kappa shape index (κ1) is 18.9. The highest BCUT2D eigenvalue weighted by molar-refractivity contribution is 7.18. The molecule has 0 unspecified atom stereocenters. The standard InChI is InChI=1S/C20H23NO3S/c1-3-5-7-12-18(22)21(13-4-2)16-14-17(25-19(16)20(23)24)15-10-8-6-9-11-15/h4,6,8-11,14H,2-3,5,7,12-13H2,1H3,(H,23,24). The predicted octanol–water partition coefficient (Wildman–Crippen LogP) is 5.21. The van der Waals surface area contributed by atoms with Crippen molar-refractivity contribution in [3.05, 3.63) is 53.9 Å². The number of amides is 1. The van der Waals surface area contributed by atoms with Crippen LogP contribution in [0.3, 0.4) is 0 Å². The third-order valence-corrected chi connectivity index (χ3v) is 5.02. The molecule has 0 aliphatic carbocycles. The van der Waals surface area contributed by atoms with Crippen LogP contribution in [0.2, 0.25) is 0 Å². The van der Waals surface area contributed by atoms with Crippen molar-refractivity contribution in [2.45, 2.75) is 32.6 Å². The number of carbonyl (C=O) groups excluding carboxylic acids is 1. The highest BCUT2D eigenvalue weighted by atomic mass is 32.1. The summed E-state index contributed by atoms with van der Waals surface area (Å²) in [5.74, 6) is -1.08. The molecule has 0 atom stereocenters. The molecule has 132 valence electrons. The van der Waals surface area contributed by atoms with E-state index >= 15 is 0 Å². The Labute approximate surface area is 152 Å². The van der Waals surface area contributed by atoms with Gasteiger partial charge in [0, 0.05) is 17.8 Å². The van der Waals surface area contributed by atoms with E-state index in [0.717, 1.165) is 29.7 Å². The molecule has 1 amide bonds. The van der Waals surface area contributed by atoms with Crippen molar-refractivity contribution in [3.63, 3.8) is 0 Å². The maximum absolute atomic E-state index is 12.6. The Morgan fingerprint density at radius 3 is 2.56 bits per heavy atom. The molecule has 0 saturated carbocycles. The molecule has 0 spiro atoms. The lowest BCUT2D eigenvalue weighted by Gasteiger charge is -2.21. The molecule has 0 aliphatic rings. The van der Waals surface area contributed by atoms with E-state index in [-0.39, 0.29) is 10.8 Å². The highest BCUT2D eigenvalue weighted by Crippen LogP contribution is 2.37. The number of thiophene rings is 1. The SMILES string of the molecule is C=CCN(C(=O)CCCCC)c1cc(-c2ccccc2)sc1C(=O)O. The van der Waals surface area contributed by atoms with Gasteiger partial charge >= 0.3 is 5.97 Å². The average molecular weight is 357 g/mol. The van der Waals surface area contributed by atoms with Gasteiger partial charge in [0.1, 0.15) is 4.88 Å². The second-order valence-corrected chi connectivity index (χ2v) is 6.80. The number of carbonyl (C=O) groups is 2. The van der Waals surface area contributed by atoms with E-state index < -0.39 is 5.97 Å². The number of carboxylic acids is 1. The van der Waals surface area contributed by atoms with Gasteiger partial charge in [-0.2, -0.15) is 0 Å². The minimum atomic E-state index is -1.02. The second kappa shape index (κ2) is 9.18. The zero-order valence-electron chi connectivity index (χ0n) is 14.4. The van der Waals surface area contributed by atoms with E-state index in [1.807, 2.05) is 30.3 Å². The summed E-state index contributed by atoms with van der Waals surface area (Å²) in [6.45, 7) is 6.09. The number of hydrogen-bond donors (Lipinski definition) is 1. The van der Waals surface area contributed by atoms with Crippen molar-refractivity contribution in [3.8, 4) is 10.4 Å². The monoisotopic (exact) mass is 357 g/mol. The first-order valence-corrected chi connectivity index (χ1v) is 9.24. The summed E-state index contributed by atoms with van der Waals surface area (Å²) in [6, 6.07) is 11.4. The van der Waals surface area contributed by atoms with E-state index in [1.54, 1.807) is 12.1 Å². The van der Waals surface area contributed by atoms with Crippen LogP contribution < -0.4 is 4.90 Å². The Morgan fingerprint density at radius 1 is 1.24 bits per heavy atom. The lowest BCUT2D eigenvalue weighted by Crippen LogP contribution is -2.31. The molecule has 1 heterocycles. The number of aromatic carboxylic acids is 1. The Hall–Kier alpha value is -2.40. The zero-order chi connectivity index (χ0) is 18.2. The minimum absolute atomic E-state index is 0.0618. The van der Waals surface area contributed by atoms with Gasteiger partial charge < -0.3 is 10.0 Å². The lowest BCUT2D eigenvalue weighted by atomic mass is 10.1. The molecular weight excluding hydrogens is 334 g/mol. The summed E-state index contributed by atoms with van der Waals surface area (Å²) >= 11 is 1.19. The highest BCUT2D eigenvalue weighted by Gasteiger charge is 2.24. The number of unbranched alkanes of at least 4 members (excludes halogenated alkanes) is 2. The molecule has 4 nitrogen and oxygen atoms in total. The Morgan fingerprint density at radius 2 is 1.96 bits per heavy atom. The van der Waals surface area contributed by atoms with Gasteiger partial charge in [-0.25, -0.2) is 4.79 Å². The maximum Gasteiger partial charge on any atom is 0.348 e. The van der Waals surface area contributed by atoms with E-state index in [1.165, 1.54) is 16.2 Å². The van der Waals surface area contributed by atoms with Gasteiger partial charge in [-0.1, -0.05) is 56.2 Å². The van der Waals surface area contributed by atoms with Crippen molar-refractivity contribution in [1.29, 1.82) is 0 Å². The van der Waals surface area contributed by atoms with E-state index in [0.29, 0.717) is 18.7 Å². The number of benzene rings is 1. The third kappa shape index (κ3) is 4.79. The van der Waals surface area contributed by atoms with E-state index in [9.17, 15) is 14.7 Å². The molecular formula is C20H23NO3S. The van der Waals surface area contributed by atoms with Crippen LogP contribution in [0.15, 0.2) is 49.1 Å². The molecule has 5 heteroatoms. The fraction of sp³-hybridized carbons (Fsp3) is 0.300. The van der Waals surface area contributed by atoms with Crippen molar-refractivity contribution in [1.82, 2.24) is 0 Å². The lowest BCUT2D eigenvalue weighted by molar-refractivity contribution is -0.118. The van der Waals surface area contributed by atoms with E-state index in [4.69, 9.17) is 0 Å². The van der Waals surface area contributed by atoms with Gasteiger partial charge in [0.25, 0.3) is 0 Å². The zero-order valence-corrected chi connectivity index (χ0v) is 15.2. The van der Waals surface area contributed by atoms with Crippen LogP contribution in [0.5, 0.6) is 0 Å². The van der Waals surface area contributed by atoms with Crippen molar-refractivity contribution >= 4 is 28.9 Å². The van der Waals surface area contributed by atoms with Crippen LogP contribution in [-0.4, -0.2) is 23.5 Å². The average Bonchev–Trinajstić information content (AvgIpc) is 3.06. The molecule has 0 radical (unpaired) electrons. The number of carboxylic acid groups (broad SMARTS) is 1. The summed E-state index contributed by atoms with van der Waals surface area (Å²) in [4.78, 5) is 26.9. The molecule has 0 bridgehead atoms. The maximum atomic E-state index is 12.6. The Kier molecular flexibility index (Phi) is 6.95. The Balaban J connectivity index is 2.38. The number of hydrogen-bond acceptors (Lipinski definition) is 3. The van der Waals surface area contributed by atoms with Crippen LogP contribution in [-0.2, 0) is 4.79 Å². The van der Waals surface area contributed by atoms with Crippen molar-refractivity contribution in [2.24, 2.45) is 0 Å². The number of anilines is 1. The smallest absolute Gasteiger partial charge is 0.348 e. The fourth-order valence-corrected chi connectivity index (χ4v) is 3.61. The molecule has 1 N–H and O–H groups in total. The van der Waals surface area contributed by atoms with Crippen LogP contribution in [0.1, 0.15) is 42.3 Å². The van der Waals surface area contributed by atoms with Gasteiger partial charge in [-0.3, -0.25) is 4.79 Å². The molecule has 25 heavy (non-hydrogen) atoms. The van der Waals surface area contributed by atoms with Gasteiger partial charge in [0.2, 0.25) is 5.91 Å². The van der Waals surface area contributed by atoms with Crippen molar-refractivity contribution < 1.29 is 14.7 Å². The molecule has 0 aliphatic heterocycles. The summed E-state index contributed by atoms with van der Waals surface area (Å²) in [5.41, 5.74) is 1.40. The second-order valence-electron chi connectivity index (χ2n) is 5.75. The van der Waals surface area contributed by atoms with Gasteiger partial charge in [0.15, 0.2) is 0 Å². The molecule has 2 rings (SSSR count). The molecule has 0 saturated heterocycles. The van der Waals surface area contributed by atoms with E-state index in [2.05, 4.69) is 13.5 Å². The number of nitrogens with zero attached hydrogens (tertiary/aromatic N) is 1. The summed E-state index contributed by atoms with van der Waals surface area (Å²) in [7, 11) is 0. The summed E-state index contributed by atoms with van der Waals surface area (Å²) < 4.78 is 0. The molecule has 2 aromatic rings. The van der Waals surface area contributed by atoms with Crippen LogP contribution in [0.25, 0.3) is 10.4 Å².